The highest BCUT2D eigenvalue weighted by atomic mass is 31.2. The van der Waals surface area contributed by atoms with Crippen molar-refractivity contribution in [2.45, 2.75) is 321 Å². The number of aliphatic hydroxyl groups is 1. The number of amides is 1. The number of aliphatic hydroxyl groups excluding tert-OH is 1. The third-order valence-electron chi connectivity index (χ3n) is 14.0. The molecule has 0 aliphatic heterocycles. The monoisotopic (exact) mass is 984 g/mol. The number of nitrogens with one attached hydrogen (secondary N) is 1. The Balaban J connectivity index is 4.04. The summed E-state index contributed by atoms with van der Waals surface area (Å²) in [6.45, 7) is 4.92. The molecular formula is C59H120N2O6P+. The zero-order valence-electron chi connectivity index (χ0n) is 46.4. The number of carbonyl (C=O) groups excluding carboxylic acids is 1. The van der Waals surface area contributed by atoms with E-state index in [1.807, 2.05) is 21.1 Å². The quantitative estimate of drug-likeness (QED) is 0.0243. The number of carbonyl (C=O) groups is 1. The first kappa shape index (κ1) is 67.2. The molecule has 8 nitrogen and oxygen atoms in total. The maximum atomic E-state index is 13.0. The molecule has 3 atom stereocenters. The summed E-state index contributed by atoms with van der Waals surface area (Å²) in [5.74, 6) is -0.148. The van der Waals surface area contributed by atoms with Gasteiger partial charge in [0.15, 0.2) is 0 Å². The van der Waals surface area contributed by atoms with Crippen LogP contribution in [0.2, 0.25) is 0 Å². The van der Waals surface area contributed by atoms with Crippen LogP contribution in [0.3, 0.4) is 0 Å². The molecule has 0 spiro atoms. The van der Waals surface area contributed by atoms with Crippen LogP contribution in [0, 0.1) is 0 Å². The van der Waals surface area contributed by atoms with Crippen molar-refractivity contribution in [2.24, 2.45) is 0 Å². The van der Waals surface area contributed by atoms with Gasteiger partial charge in [0.05, 0.1) is 39.9 Å². The topological polar surface area (TPSA) is 105 Å². The summed E-state index contributed by atoms with van der Waals surface area (Å²) in [7, 11) is 1.62. The SMILES string of the molecule is CCCCCCCCC/C=C\CCCCCCCC(=O)NC(COP(=O)(O)OCC[N+](C)(C)C)C(O)CCCCCCCCCCCCCCCCCCCCCCCCCCCCCCCC. The Labute approximate surface area is 424 Å². The third kappa shape index (κ3) is 53.0. The fourth-order valence-electron chi connectivity index (χ4n) is 9.28. The van der Waals surface area contributed by atoms with Crippen LogP contribution < -0.4 is 5.32 Å². The number of allylic oxidation sites excluding steroid dienone is 2. The highest BCUT2D eigenvalue weighted by Crippen LogP contribution is 2.43. The number of hydrogen-bond acceptors (Lipinski definition) is 5. The molecular weight excluding hydrogens is 864 g/mol. The average molecular weight is 985 g/mol. The van der Waals surface area contributed by atoms with E-state index in [-0.39, 0.29) is 19.1 Å². The summed E-state index contributed by atoms with van der Waals surface area (Å²) in [5, 5.41) is 14.1. The van der Waals surface area contributed by atoms with E-state index in [9.17, 15) is 19.4 Å². The van der Waals surface area contributed by atoms with Gasteiger partial charge >= 0.3 is 7.82 Å². The molecule has 68 heavy (non-hydrogen) atoms. The third-order valence-corrected chi connectivity index (χ3v) is 15.0. The van der Waals surface area contributed by atoms with Gasteiger partial charge in [0.1, 0.15) is 13.2 Å². The van der Waals surface area contributed by atoms with Crippen molar-refractivity contribution < 1.29 is 32.9 Å². The largest absolute Gasteiger partial charge is 0.472 e. The minimum atomic E-state index is -4.32. The fraction of sp³-hybridized carbons (Fsp3) is 0.949. The predicted molar refractivity (Wildman–Crippen MR) is 295 cm³/mol. The molecule has 3 unspecified atom stereocenters. The first-order valence-electron chi connectivity index (χ1n) is 30.1. The van der Waals surface area contributed by atoms with Gasteiger partial charge in [-0.15, -0.1) is 0 Å². The van der Waals surface area contributed by atoms with Gasteiger partial charge in [0.2, 0.25) is 5.91 Å². The maximum absolute atomic E-state index is 13.0. The first-order valence-corrected chi connectivity index (χ1v) is 31.5. The number of hydrogen-bond donors (Lipinski definition) is 3. The Morgan fingerprint density at radius 1 is 0.485 bits per heavy atom. The number of unbranched alkanes of at least 4 members (excludes halogenated alkanes) is 41. The molecule has 0 saturated heterocycles. The fourth-order valence-corrected chi connectivity index (χ4v) is 10.0. The molecule has 3 N–H and O–H groups in total. The van der Waals surface area contributed by atoms with Crippen molar-refractivity contribution in [1.29, 1.82) is 0 Å². The van der Waals surface area contributed by atoms with Crippen LogP contribution >= 0.6 is 7.82 Å². The molecule has 0 heterocycles. The highest BCUT2D eigenvalue weighted by molar-refractivity contribution is 7.47. The number of likely N-dealkylation sites (N-methyl/N-ethyl adjacent to an activating group) is 1. The van der Waals surface area contributed by atoms with E-state index in [1.54, 1.807) is 0 Å². The van der Waals surface area contributed by atoms with Crippen molar-refractivity contribution in [3.8, 4) is 0 Å². The number of phosphoric acid groups is 1. The van der Waals surface area contributed by atoms with Crippen molar-refractivity contribution >= 4 is 13.7 Å². The lowest BCUT2D eigenvalue weighted by molar-refractivity contribution is -0.870. The van der Waals surface area contributed by atoms with Crippen LogP contribution in [0.25, 0.3) is 0 Å². The Bertz CT molecular complexity index is 1120. The van der Waals surface area contributed by atoms with E-state index in [2.05, 4.69) is 31.3 Å². The molecule has 0 aromatic rings. The Morgan fingerprint density at radius 2 is 0.794 bits per heavy atom. The van der Waals surface area contributed by atoms with E-state index in [0.29, 0.717) is 23.9 Å². The summed E-state index contributed by atoms with van der Waals surface area (Å²) in [6, 6.07) is -0.763. The molecule has 9 heteroatoms. The lowest BCUT2D eigenvalue weighted by Crippen LogP contribution is -2.46. The van der Waals surface area contributed by atoms with Gasteiger partial charge in [-0.1, -0.05) is 276 Å². The van der Waals surface area contributed by atoms with Crippen LogP contribution in [0.4, 0.5) is 0 Å². The van der Waals surface area contributed by atoms with Crippen LogP contribution in [0.5, 0.6) is 0 Å². The number of phosphoric ester groups is 1. The smallest absolute Gasteiger partial charge is 0.391 e. The first-order chi connectivity index (χ1) is 33.0. The van der Waals surface area contributed by atoms with Crippen molar-refractivity contribution in [1.82, 2.24) is 5.32 Å². The molecule has 0 aliphatic carbocycles. The predicted octanol–water partition coefficient (Wildman–Crippen LogP) is 18.2. The van der Waals surface area contributed by atoms with Crippen molar-refractivity contribution in [2.75, 3.05) is 40.9 Å². The van der Waals surface area contributed by atoms with Crippen LogP contribution in [-0.4, -0.2) is 73.4 Å². The van der Waals surface area contributed by atoms with Gasteiger partial charge < -0.3 is 19.8 Å². The maximum Gasteiger partial charge on any atom is 0.472 e. The summed E-state index contributed by atoms with van der Waals surface area (Å²) >= 11 is 0. The zero-order valence-corrected chi connectivity index (χ0v) is 47.3. The molecule has 0 aromatic carbocycles. The van der Waals surface area contributed by atoms with Crippen LogP contribution in [0.15, 0.2) is 12.2 Å². The lowest BCUT2D eigenvalue weighted by Gasteiger charge is -2.26. The van der Waals surface area contributed by atoms with E-state index in [1.165, 1.54) is 231 Å². The summed E-state index contributed by atoms with van der Waals surface area (Å²) in [6.07, 6.45) is 62.8. The van der Waals surface area contributed by atoms with Gasteiger partial charge in [-0.05, 0) is 38.5 Å². The van der Waals surface area contributed by atoms with Crippen molar-refractivity contribution in [3.05, 3.63) is 12.2 Å². The number of nitrogens with zero attached hydrogens (tertiary/aromatic N) is 1. The lowest BCUT2D eigenvalue weighted by atomic mass is 10.0. The molecule has 406 valence electrons. The summed E-state index contributed by atoms with van der Waals surface area (Å²) in [5.41, 5.74) is 0. The summed E-state index contributed by atoms with van der Waals surface area (Å²) < 4.78 is 23.8. The van der Waals surface area contributed by atoms with E-state index in [4.69, 9.17) is 9.05 Å². The van der Waals surface area contributed by atoms with Gasteiger partial charge in [-0.25, -0.2) is 4.57 Å². The second-order valence-corrected chi connectivity index (χ2v) is 23.5. The molecule has 0 aliphatic rings. The molecule has 1 amide bonds. The Kier molecular flexibility index (Phi) is 50.6. The van der Waals surface area contributed by atoms with Gasteiger partial charge in [0.25, 0.3) is 0 Å². The highest BCUT2D eigenvalue weighted by Gasteiger charge is 2.28. The van der Waals surface area contributed by atoms with Crippen molar-refractivity contribution in [3.63, 3.8) is 0 Å². The van der Waals surface area contributed by atoms with Gasteiger partial charge in [-0.3, -0.25) is 13.8 Å². The number of quaternary nitrogens is 1. The zero-order chi connectivity index (χ0) is 49.9. The molecule has 0 radical (unpaired) electrons. The van der Waals surface area contributed by atoms with Crippen LogP contribution in [-0.2, 0) is 18.4 Å². The van der Waals surface area contributed by atoms with E-state index >= 15 is 0 Å². The Morgan fingerprint density at radius 3 is 1.13 bits per heavy atom. The van der Waals surface area contributed by atoms with Gasteiger partial charge in [0, 0.05) is 6.42 Å². The molecule has 0 bridgehead atoms. The normalized spacial score (nSPS) is 13.9. The second-order valence-electron chi connectivity index (χ2n) is 22.1. The Hall–Kier alpha value is -0.760. The average Bonchev–Trinajstić information content (AvgIpc) is 3.30. The van der Waals surface area contributed by atoms with Crippen LogP contribution in [0.1, 0.15) is 309 Å². The van der Waals surface area contributed by atoms with E-state index in [0.717, 1.165) is 51.4 Å². The minimum Gasteiger partial charge on any atom is -0.391 e. The number of rotatable bonds is 56. The van der Waals surface area contributed by atoms with Gasteiger partial charge in [-0.2, -0.15) is 0 Å². The molecule has 0 aromatic heterocycles. The molecule has 0 fully saturated rings. The summed E-state index contributed by atoms with van der Waals surface area (Å²) in [4.78, 5) is 23.3. The minimum absolute atomic E-state index is 0.0755. The van der Waals surface area contributed by atoms with E-state index < -0.39 is 20.0 Å². The molecule has 0 rings (SSSR count). The standard InChI is InChI=1S/C59H119N2O6P/c1-6-8-10-12-14-16-18-20-22-24-25-26-27-28-29-30-31-32-33-34-35-36-37-38-40-42-44-46-48-50-52-58(62)57(56-67-68(64,65)66-55-54-61(3,4)5)60-59(63)53-51-49-47-45-43-41-39-23-21-19-17-15-13-11-9-7-2/h23,39,57-58,62H,6-22,24-38,40-56H2,1-5H3,(H-,60,63,64,65)/p+1/b39-23-. The molecule has 0 saturated carbocycles. The second kappa shape index (κ2) is 51.2.